The molecule has 0 aromatic heterocycles. The van der Waals surface area contributed by atoms with Gasteiger partial charge in [-0.15, -0.1) is 0 Å². The van der Waals surface area contributed by atoms with Gasteiger partial charge in [0.25, 0.3) is 0 Å². The smallest absolute Gasteiger partial charge is 0.192 e. The Bertz CT molecular complexity index is 813. The molecule has 220 valence electrons. The molecule has 4 aliphatic carbocycles. The number of aldehydes is 1. The molecular formula is C35H64O2Si. The van der Waals surface area contributed by atoms with Crippen LogP contribution in [0.15, 0.2) is 0 Å². The Labute approximate surface area is 238 Å². The zero-order chi connectivity index (χ0) is 28.1. The first-order valence-corrected chi connectivity index (χ1v) is 19.7. The number of carbonyl (C=O) groups excluding carboxylic acids is 1. The summed E-state index contributed by atoms with van der Waals surface area (Å²) in [4.78, 5) is 12.0. The summed E-state index contributed by atoms with van der Waals surface area (Å²) in [6.45, 7) is 24.6. The highest BCUT2D eigenvalue weighted by Gasteiger charge is 2.62. The maximum atomic E-state index is 12.0. The lowest BCUT2D eigenvalue weighted by Crippen LogP contribution is -2.58. The topological polar surface area (TPSA) is 26.3 Å². The molecule has 4 rings (SSSR count). The van der Waals surface area contributed by atoms with Gasteiger partial charge in [-0.3, -0.25) is 0 Å². The van der Waals surface area contributed by atoms with Crippen molar-refractivity contribution in [2.45, 2.75) is 157 Å². The van der Waals surface area contributed by atoms with E-state index in [9.17, 15) is 4.79 Å². The van der Waals surface area contributed by atoms with Gasteiger partial charge in [0.05, 0.1) is 0 Å². The van der Waals surface area contributed by atoms with Crippen molar-refractivity contribution in [1.29, 1.82) is 0 Å². The second-order valence-electron chi connectivity index (χ2n) is 17.1. The molecule has 0 unspecified atom stereocenters. The Hall–Kier alpha value is -0.153. The lowest BCUT2D eigenvalue weighted by molar-refractivity contribution is -0.152. The summed E-state index contributed by atoms with van der Waals surface area (Å²) in [5, 5.41) is 0.218. The molecule has 0 N–H and O–H groups in total. The van der Waals surface area contributed by atoms with Crippen LogP contribution in [-0.2, 0) is 9.22 Å². The van der Waals surface area contributed by atoms with Gasteiger partial charge in [-0.05, 0) is 128 Å². The molecule has 4 aliphatic rings. The van der Waals surface area contributed by atoms with E-state index in [1.165, 1.54) is 76.9 Å². The maximum absolute atomic E-state index is 12.0. The molecule has 4 saturated carbocycles. The molecule has 0 radical (unpaired) electrons. The normalized spacial score (nSPS) is 42.3. The van der Waals surface area contributed by atoms with Crippen LogP contribution in [0, 0.1) is 58.2 Å². The zero-order valence-corrected chi connectivity index (χ0v) is 28.1. The molecule has 10 atom stereocenters. The Balaban J connectivity index is 1.50. The molecular weight excluding hydrogens is 480 g/mol. The van der Waals surface area contributed by atoms with Crippen molar-refractivity contribution in [2.24, 2.45) is 58.2 Å². The van der Waals surface area contributed by atoms with Crippen LogP contribution < -0.4 is 0 Å². The Morgan fingerprint density at radius 2 is 1.50 bits per heavy atom. The van der Waals surface area contributed by atoms with Crippen molar-refractivity contribution in [3.63, 3.8) is 0 Å². The van der Waals surface area contributed by atoms with Crippen LogP contribution in [0.5, 0.6) is 0 Å². The summed E-state index contributed by atoms with van der Waals surface area (Å²) in [5.74, 6) is 6.44. The van der Waals surface area contributed by atoms with Gasteiger partial charge in [0, 0.05) is 12.5 Å². The zero-order valence-electron chi connectivity index (χ0n) is 27.1. The fourth-order valence-corrected chi connectivity index (χ4v) is 12.0. The quantitative estimate of drug-likeness (QED) is 0.213. The van der Waals surface area contributed by atoms with E-state index in [1.807, 2.05) is 0 Å². The predicted octanol–water partition coefficient (Wildman–Crippen LogP) is 10.3. The molecule has 38 heavy (non-hydrogen) atoms. The summed E-state index contributed by atoms with van der Waals surface area (Å²) in [6.07, 6.45) is 17.5. The third-order valence-corrected chi connectivity index (χ3v) is 18.2. The van der Waals surface area contributed by atoms with Crippen molar-refractivity contribution in [2.75, 3.05) is 0 Å². The second-order valence-corrected chi connectivity index (χ2v) is 21.9. The first-order valence-electron chi connectivity index (χ1n) is 16.8. The van der Waals surface area contributed by atoms with Crippen molar-refractivity contribution in [3.05, 3.63) is 0 Å². The minimum Gasteiger partial charge on any atom is -0.414 e. The van der Waals surface area contributed by atoms with Gasteiger partial charge in [-0.1, -0.05) is 74.7 Å². The van der Waals surface area contributed by atoms with Crippen LogP contribution in [0.4, 0.5) is 0 Å². The number of fused-ring (bicyclic) bond motifs is 5. The summed E-state index contributed by atoms with van der Waals surface area (Å²) in [6, 6.07) is 0. The standard InChI is InChI=1S/C35H64O2Si/c1-24(2)12-11-13-25(3)28-16-17-29-26-14-15-30-27(20-23-36)32(37-38(9,10)33(4,5)6)19-22-35(30,8)31(26)18-21-34(28,29)7/h23-32H,11-22H2,1-10H3/t25-,26+,27+,28-,29+,30+,31+,32-,34-,35+/m1/s1. The third-order valence-electron chi connectivity index (χ3n) is 13.7. The van der Waals surface area contributed by atoms with Gasteiger partial charge in [0.2, 0.25) is 0 Å². The van der Waals surface area contributed by atoms with E-state index >= 15 is 0 Å². The van der Waals surface area contributed by atoms with Gasteiger partial charge < -0.3 is 9.22 Å². The fraction of sp³-hybridized carbons (Fsp3) is 0.971. The van der Waals surface area contributed by atoms with E-state index in [2.05, 4.69) is 68.5 Å². The highest BCUT2D eigenvalue weighted by Crippen LogP contribution is 2.69. The molecule has 2 nitrogen and oxygen atoms in total. The Kier molecular flexibility index (Phi) is 9.13. The SMILES string of the molecule is CC(C)CCC[C@@H](C)[C@H]1CC[C@H]2[C@@H]3CC[C@H]4[C@H](CC=O)[C@H](O[Si](C)(C)C(C)(C)C)CC[C@]4(C)[C@H]3CC[C@]12C. The van der Waals surface area contributed by atoms with Crippen molar-refractivity contribution in [1.82, 2.24) is 0 Å². The average molecular weight is 545 g/mol. The van der Waals surface area contributed by atoms with Crippen molar-refractivity contribution >= 4 is 14.6 Å². The highest BCUT2D eigenvalue weighted by molar-refractivity contribution is 6.74. The van der Waals surface area contributed by atoms with Crippen molar-refractivity contribution < 1.29 is 9.22 Å². The van der Waals surface area contributed by atoms with E-state index in [4.69, 9.17) is 4.43 Å². The molecule has 0 aromatic carbocycles. The summed E-state index contributed by atoms with van der Waals surface area (Å²) in [7, 11) is -1.86. The van der Waals surface area contributed by atoms with Crippen LogP contribution in [0.25, 0.3) is 0 Å². The second kappa shape index (κ2) is 11.3. The fourth-order valence-electron chi connectivity index (χ4n) is 10.6. The molecule has 0 amide bonds. The lowest BCUT2D eigenvalue weighted by atomic mass is 9.43. The van der Waals surface area contributed by atoms with Crippen LogP contribution >= 0.6 is 0 Å². The maximum Gasteiger partial charge on any atom is 0.192 e. The average Bonchev–Trinajstić information content (AvgIpc) is 3.17. The molecule has 0 saturated heterocycles. The van der Waals surface area contributed by atoms with Gasteiger partial charge in [-0.2, -0.15) is 0 Å². The van der Waals surface area contributed by atoms with Gasteiger partial charge in [0.1, 0.15) is 6.29 Å². The third kappa shape index (κ3) is 5.51. The van der Waals surface area contributed by atoms with Gasteiger partial charge in [0.15, 0.2) is 8.32 Å². The monoisotopic (exact) mass is 544 g/mol. The molecule has 0 aromatic rings. The number of rotatable bonds is 9. The molecule has 0 heterocycles. The van der Waals surface area contributed by atoms with E-state index in [0.29, 0.717) is 29.1 Å². The van der Waals surface area contributed by atoms with Crippen LogP contribution in [-0.4, -0.2) is 20.7 Å². The first-order chi connectivity index (χ1) is 17.7. The molecule has 0 spiro atoms. The first kappa shape index (κ1) is 30.8. The van der Waals surface area contributed by atoms with Crippen LogP contribution in [0.2, 0.25) is 18.1 Å². The number of hydrogen-bond acceptors (Lipinski definition) is 2. The minimum atomic E-state index is -1.86. The molecule has 3 heteroatoms. The predicted molar refractivity (Wildman–Crippen MR) is 165 cm³/mol. The highest BCUT2D eigenvalue weighted by atomic mass is 28.4. The Morgan fingerprint density at radius 1 is 0.868 bits per heavy atom. The minimum absolute atomic E-state index is 0.218. The van der Waals surface area contributed by atoms with Gasteiger partial charge in [-0.25, -0.2) is 0 Å². The molecule has 4 fully saturated rings. The summed E-state index contributed by atoms with van der Waals surface area (Å²) in [5.41, 5.74) is 0.957. The Morgan fingerprint density at radius 3 is 2.13 bits per heavy atom. The van der Waals surface area contributed by atoms with Gasteiger partial charge >= 0.3 is 0 Å². The molecule has 0 aliphatic heterocycles. The van der Waals surface area contributed by atoms with E-state index in [0.717, 1.165) is 35.5 Å². The summed E-state index contributed by atoms with van der Waals surface area (Å²) >= 11 is 0. The largest absolute Gasteiger partial charge is 0.414 e. The lowest BCUT2D eigenvalue weighted by Gasteiger charge is -2.63. The van der Waals surface area contributed by atoms with Crippen LogP contribution in [0.3, 0.4) is 0 Å². The van der Waals surface area contributed by atoms with Crippen molar-refractivity contribution in [3.8, 4) is 0 Å². The number of hydrogen-bond donors (Lipinski definition) is 0. The van der Waals surface area contributed by atoms with E-state index in [1.54, 1.807) is 0 Å². The van der Waals surface area contributed by atoms with E-state index < -0.39 is 8.32 Å². The van der Waals surface area contributed by atoms with Crippen LogP contribution in [0.1, 0.15) is 132 Å². The van der Waals surface area contributed by atoms with E-state index in [-0.39, 0.29) is 11.1 Å². The molecule has 0 bridgehead atoms. The summed E-state index contributed by atoms with van der Waals surface area (Å²) < 4.78 is 7.09. The number of carbonyl (C=O) groups is 1.